The van der Waals surface area contributed by atoms with Crippen molar-refractivity contribution in [1.82, 2.24) is 0 Å². The van der Waals surface area contributed by atoms with Crippen LogP contribution in [0.25, 0.3) is 0 Å². The van der Waals surface area contributed by atoms with Gasteiger partial charge in [0.05, 0.1) is 0 Å². The molecule has 2 aliphatic carbocycles. The molecule has 0 heterocycles. The first kappa shape index (κ1) is 5.20. The lowest BCUT2D eigenvalue weighted by Gasteiger charge is -2.05. The smallest absolute Gasteiger partial charge is 0.00760 e. The van der Waals surface area contributed by atoms with Crippen molar-refractivity contribution in [3.63, 3.8) is 0 Å². The molecule has 0 spiro atoms. The molecule has 46 valence electrons. The van der Waals surface area contributed by atoms with E-state index >= 15 is 0 Å². The maximum absolute atomic E-state index is 5.80. The molecular formula is C6H12NP. The summed E-state index contributed by atoms with van der Waals surface area (Å²) in [5.74, 6) is 1.91. The van der Waals surface area contributed by atoms with Gasteiger partial charge in [0.25, 0.3) is 0 Å². The highest BCUT2D eigenvalue weighted by Crippen LogP contribution is 2.53. The molecule has 8 heavy (non-hydrogen) atoms. The predicted octanol–water partition coefficient (Wildman–Crippen LogP) is 0.597. The zero-order chi connectivity index (χ0) is 5.72. The Balaban J connectivity index is 2.09. The Morgan fingerprint density at radius 1 is 1.25 bits per heavy atom. The van der Waals surface area contributed by atoms with E-state index in [4.69, 9.17) is 5.73 Å². The maximum atomic E-state index is 5.80. The third-order valence-electron chi connectivity index (χ3n) is 2.54. The molecule has 1 nitrogen and oxygen atoms in total. The molecule has 2 heteroatoms. The van der Waals surface area contributed by atoms with E-state index in [2.05, 4.69) is 9.24 Å². The van der Waals surface area contributed by atoms with Crippen molar-refractivity contribution >= 4 is 9.24 Å². The summed E-state index contributed by atoms with van der Waals surface area (Å²) in [4.78, 5) is 0. The molecule has 2 fully saturated rings. The summed E-state index contributed by atoms with van der Waals surface area (Å²) in [5, 5.41) is 0. The van der Waals surface area contributed by atoms with Crippen LogP contribution >= 0.6 is 9.24 Å². The molecule has 5 unspecified atom stereocenters. The second-order valence-electron chi connectivity index (χ2n) is 3.13. The first-order valence-corrected chi connectivity index (χ1v) is 3.97. The summed E-state index contributed by atoms with van der Waals surface area (Å²) >= 11 is 0. The van der Waals surface area contributed by atoms with Gasteiger partial charge in [0, 0.05) is 6.04 Å². The number of hydrogen-bond donors (Lipinski definition) is 1. The summed E-state index contributed by atoms with van der Waals surface area (Å²) in [6, 6.07) is 0.544. The van der Waals surface area contributed by atoms with Crippen molar-refractivity contribution in [3.05, 3.63) is 0 Å². The van der Waals surface area contributed by atoms with Gasteiger partial charge in [-0.25, -0.2) is 0 Å². The second-order valence-corrected chi connectivity index (χ2v) is 3.98. The standard InChI is InChI=1S/C6H12NP/c7-5-2-6(8)4-1-3(4)5/h3-6H,1-2,7-8H2. The maximum Gasteiger partial charge on any atom is 0.00760 e. The molecule has 0 aliphatic heterocycles. The van der Waals surface area contributed by atoms with Crippen molar-refractivity contribution < 1.29 is 0 Å². The van der Waals surface area contributed by atoms with Gasteiger partial charge in [0.1, 0.15) is 0 Å². The van der Waals surface area contributed by atoms with Crippen molar-refractivity contribution in [2.75, 3.05) is 0 Å². The fourth-order valence-electron chi connectivity index (χ4n) is 1.88. The Morgan fingerprint density at radius 3 is 2.12 bits per heavy atom. The molecule has 5 atom stereocenters. The van der Waals surface area contributed by atoms with Crippen LogP contribution in [-0.2, 0) is 0 Å². The number of nitrogens with two attached hydrogens (primary N) is 1. The summed E-state index contributed by atoms with van der Waals surface area (Å²) < 4.78 is 0. The zero-order valence-electron chi connectivity index (χ0n) is 4.88. The van der Waals surface area contributed by atoms with Gasteiger partial charge in [-0.3, -0.25) is 0 Å². The van der Waals surface area contributed by atoms with Crippen LogP contribution in [0.4, 0.5) is 0 Å². The van der Waals surface area contributed by atoms with Crippen LogP contribution in [0.3, 0.4) is 0 Å². The van der Waals surface area contributed by atoms with Crippen LogP contribution in [0.15, 0.2) is 0 Å². The minimum Gasteiger partial charge on any atom is -0.327 e. The molecule has 0 amide bonds. The molecule has 0 radical (unpaired) electrons. The van der Waals surface area contributed by atoms with Gasteiger partial charge in [-0.05, 0) is 30.3 Å². The highest BCUT2D eigenvalue weighted by molar-refractivity contribution is 7.17. The lowest BCUT2D eigenvalue weighted by Crippen LogP contribution is -2.19. The first-order valence-electron chi connectivity index (χ1n) is 3.30. The number of fused-ring (bicyclic) bond motifs is 1. The third kappa shape index (κ3) is 0.549. The van der Waals surface area contributed by atoms with E-state index in [9.17, 15) is 0 Å². The molecule has 2 saturated carbocycles. The van der Waals surface area contributed by atoms with E-state index in [0.29, 0.717) is 6.04 Å². The molecule has 2 aliphatic rings. The average molecular weight is 129 g/mol. The van der Waals surface area contributed by atoms with Gasteiger partial charge in [0.15, 0.2) is 0 Å². The van der Waals surface area contributed by atoms with Gasteiger partial charge < -0.3 is 5.73 Å². The number of hydrogen-bond acceptors (Lipinski definition) is 1. The van der Waals surface area contributed by atoms with Crippen LogP contribution in [0.2, 0.25) is 0 Å². The van der Waals surface area contributed by atoms with Crippen molar-refractivity contribution in [1.29, 1.82) is 0 Å². The van der Waals surface area contributed by atoms with Crippen LogP contribution < -0.4 is 5.73 Å². The Morgan fingerprint density at radius 2 is 2.00 bits per heavy atom. The van der Waals surface area contributed by atoms with E-state index in [-0.39, 0.29) is 0 Å². The monoisotopic (exact) mass is 129 g/mol. The third-order valence-corrected chi connectivity index (χ3v) is 3.30. The molecular weight excluding hydrogens is 117 g/mol. The van der Waals surface area contributed by atoms with E-state index in [1.54, 1.807) is 0 Å². The van der Waals surface area contributed by atoms with Crippen molar-refractivity contribution in [2.24, 2.45) is 17.6 Å². The minimum atomic E-state index is 0.544. The first-order chi connectivity index (χ1) is 3.79. The largest absolute Gasteiger partial charge is 0.327 e. The summed E-state index contributed by atoms with van der Waals surface area (Å²) in [5.41, 5.74) is 6.65. The molecule has 0 aromatic rings. The Hall–Kier alpha value is 0.390. The fraction of sp³-hybridized carbons (Fsp3) is 1.00. The van der Waals surface area contributed by atoms with Crippen LogP contribution in [0.5, 0.6) is 0 Å². The Kier molecular flexibility index (Phi) is 0.947. The predicted molar refractivity (Wildman–Crippen MR) is 37.7 cm³/mol. The van der Waals surface area contributed by atoms with Crippen LogP contribution in [0.1, 0.15) is 12.8 Å². The fourth-order valence-corrected chi connectivity index (χ4v) is 2.64. The van der Waals surface area contributed by atoms with E-state index in [1.165, 1.54) is 12.8 Å². The minimum absolute atomic E-state index is 0.544. The number of rotatable bonds is 0. The summed E-state index contributed by atoms with van der Waals surface area (Å²) in [6.45, 7) is 0. The van der Waals surface area contributed by atoms with E-state index in [1.807, 2.05) is 0 Å². The van der Waals surface area contributed by atoms with Crippen LogP contribution in [0, 0.1) is 11.8 Å². The lowest BCUT2D eigenvalue weighted by molar-refractivity contribution is 0.618. The van der Waals surface area contributed by atoms with Gasteiger partial charge in [-0.15, -0.1) is 9.24 Å². The topological polar surface area (TPSA) is 26.0 Å². The summed E-state index contributed by atoms with van der Waals surface area (Å²) in [6.07, 6.45) is 2.66. The van der Waals surface area contributed by atoms with E-state index < -0.39 is 0 Å². The van der Waals surface area contributed by atoms with Gasteiger partial charge in [-0.1, -0.05) is 0 Å². The molecule has 0 bridgehead atoms. The van der Waals surface area contributed by atoms with Gasteiger partial charge >= 0.3 is 0 Å². The highest BCUT2D eigenvalue weighted by Gasteiger charge is 2.50. The van der Waals surface area contributed by atoms with E-state index in [0.717, 1.165) is 17.5 Å². The molecule has 0 saturated heterocycles. The van der Waals surface area contributed by atoms with Gasteiger partial charge in [0.2, 0.25) is 0 Å². The lowest BCUT2D eigenvalue weighted by atomic mass is 10.2. The molecule has 2 N–H and O–H groups in total. The summed E-state index contributed by atoms with van der Waals surface area (Å²) in [7, 11) is 2.90. The second kappa shape index (κ2) is 1.46. The van der Waals surface area contributed by atoms with Crippen molar-refractivity contribution in [3.8, 4) is 0 Å². The normalized spacial score (nSPS) is 60.8. The SMILES string of the molecule is NC1CC(P)C2CC12. The molecule has 0 aromatic carbocycles. The quantitative estimate of drug-likeness (QED) is 0.476. The molecule has 2 rings (SSSR count). The van der Waals surface area contributed by atoms with Crippen LogP contribution in [-0.4, -0.2) is 11.7 Å². The Labute approximate surface area is 52.2 Å². The van der Waals surface area contributed by atoms with Gasteiger partial charge in [-0.2, -0.15) is 0 Å². The average Bonchev–Trinajstić information content (AvgIpc) is 2.35. The zero-order valence-corrected chi connectivity index (χ0v) is 6.03. The van der Waals surface area contributed by atoms with Crippen molar-refractivity contribution in [2.45, 2.75) is 24.5 Å². The Bertz CT molecular complexity index is 99.1. The highest BCUT2D eigenvalue weighted by atomic mass is 31.0. The molecule has 0 aromatic heterocycles.